The van der Waals surface area contributed by atoms with Crippen molar-refractivity contribution in [2.45, 2.75) is 12.7 Å². The molecule has 0 aliphatic heterocycles. The molecule has 0 aliphatic rings. The van der Waals surface area contributed by atoms with Gasteiger partial charge in [-0.05, 0) is 6.07 Å². The molecule has 0 saturated heterocycles. The van der Waals surface area contributed by atoms with Crippen LogP contribution in [0.3, 0.4) is 0 Å². The zero-order valence-electron chi connectivity index (χ0n) is 11.7. The average Bonchev–Trinajstić information content (AvgIpc) is 3.16. The van der Waals surface area contributed by atoms with Crippen molar-refractivity contribution in [3.05, 3.63) is 36.3 Å². The van der Waals surface area contributed by atoms with Crippen LogP contribution >= 0.6 is 0 Å². The molecule has 0 saturated carbocycles. The zero-order chi connectivity index (χ0) is 16.2. The quantitative estimate of drug-likeness (QED) is 0.555. The molecule has 118 valence electrons. The molecule has 11 heteroatoms. The number of aryl methyl sites for hydroxylation is 1. The summed E-state index contributed by atoms with van der Waals surface area (Å²) in [6.45, 7) is 0.0273. The highest BCUT2D eigenvalue weighted by Gasteiger charge is 2.33. The van der Waals surface area contributed by atoms with Gasteiger partial charge in [0.25, 0.3) is 0 Å². The lowest BCUT2D eigenvalue weighted by Gasteiger charge is -2.00. The van der Waals surface area contributed by atoms with Gasteiger partial charge in [-0.1, -0.05) is 0 Å². The highest BCUT2D eigenvalue weighted by atomic mass is 19.4. The summed E-state index contributed by atoms with van der Waals surface area (Å²) in [4.78, 5) is 8.55. The van der Waals surface area contributed by atoms with Crippen LogP contribution < -0.4 is 0 Å². The fourth-order valence-electron chi connectivity index (χ4n) is 2.30. The molecule has 8 nitrogen and oxygen atoms in total. The second kappa shape index (κ2) is 4.51. The van der Waals surface area contributed by atoms with Gasteiger partial charge in [0.05, 0.1) is 11.6 Å². The van der Waals surface area contributed by atoms with Gasteiger partial charge in [-0.25, -0.2) is 14.5 Å². The van der Waals surface area contributed by atoms with E-state index in [4.69, 9.17) is 0 Å². The average molecular weight is 322 g/mol. The van der Waals surface area contributed by atoms with E-state index in [2.05, 4.69) is 25.3 Å². The van der Waals surface area contributed by atoms with Gasteiger partial charge in [0.15, 0.2) is 22.8 Å². The van der Waals surface area contributed by atoms with Gasteiger partial charge in [-0.15, -0.1) is 5.10 Å². The molecule has 0 fully saturated rings. The maximum Gasteiger partial charge on any atom is 0.435 e. The van der Waals surface area contributed by atoms with Crippen molar-refractivity contribution < 1.29 is 13.2 Å². The lowest BCUT2D eigenvalue weighted by atomic mass is 10.4. The zero-order valence-corrected chi connectivity index (χ0v) is 11.7. The molecular weight excluding hydrogens is 313 g/mol. The standard InChI is InChI=1S/C12H9F3N8/c1-21-10-7(4-17-21)11-18-9(20-23(11)6-16-10)5-22-3-2-8(19-22)12(13,14)15/h2-4,6H,5H2,1H3. The van der Waals surface area contributed by atoms with Crippen LogP contribution in [0.25, 0.3) is 16.7 Å². The van der Waals surface area contributed by atoms with Crippen molar-refractivity contribution in [3.8, 4) is 0 Å². The summed E-state index contributed by atoms with van der Waals surface area (Å²) >= 11 is 0. The Morgan fingerprint density at radius 3 is 2.74 bits per heavy atom. The maximum atomic E-state index is 12.6. The summed E-state index contributed by atoms with van der Waals surface area (Å²) in [7, 11) is 1.76. The van der Waals surface area contributed by atoms with Crippen LogP contribution in [-0.2, 0) is 19.8 Å². The summed E-state index contributed by atoms with van der Waals surface area (Å²) in [6, 6.07) is 0.913. The molecule has 0 spiro atoms. The van der Waals surface area contributed by atoms with Gasteiger partial charge in [0.2, 0.25) is 0 Å². The van der Waals surface area contributed by atoms with Gasteiger partial charge >= 0.3 is 6.18 Å². The molecule has 0 aromatic carbocycles. The summed E-state index contributed by atoms with van der Waals surface area (Å²) in [5, 5.41) is 12.5. The van der Waals surface area contributed by atoms with E-state index >= 15 is 0 Å². The van der Waals surface area contributed by atoms with Gasteiger partial charge in [-0.2, -0.15) is 23.4 Å². The SMILES string of the molecule is Cn1ncc2c1ncn1nc(Cn3ccc(C(F)(F)F)n3)nc21. The van der Waals surface area contributed by atoms with E-state index in [0.29, 0.717) is 22.5 Å². The van der Waals surface area contributed by atoms with Gasteiger partial charge < -0.3 is 0 Å². The molecule has 0 aliphatic carbocycles. The third-order valence-electron chi connectivity index (χ3n) is 3.35. The number of hydrogen-bond acceptors (Lipinski definition) is 5. The van der Waals surface area contributed by atoms with Gasteiger partial charge in [-0.3, -0.25) is 9.36 Å². The fraction of sp³-hybridized carbons (Fsp3) is 0.250. The van der Waals surface area contributed by atoms with Crippen molar-refractivity contribution in [1.29, 1.82) is 0 Å². The lowest BCUT2D eigenvalue weighted by molar-refractivity contribution is -0.141. The van der Waals surface area contributed by atoms with Gasteiger partial charge in [0.1, 0.15) is 12.9 Å². The van der Waals surface area contributed by atoms with Gasteiger partial charge in [0, 0.05) is 13.2 Å². The number of fused-ring (bicyclic) bond motifs is 3. The van der Waals surface area contributed by atoms with Crippen LogP contribution in [-0.4, -0.2) is 39.1 Å². The van der Waals surface area contributed by atoms with Crippen molar-refractivity contribution in [2.75, 3.05) is 0 Å². The minimum Gasteiger partial charge on any atom is -0.264 e. The van der Waals surface area contributed by atoms with E-state index in [-0.39, 0.29) is 6.54 Å². The van der Waals surface area contributed by atoms with E-state index < -0.39 is 11.9 Å². The Bertz CT molecular complexity index is 1010. The molecule has 0 amide bonds. The van der Waals surface area contributed by atoms with Crippen LogP contribution in [0.2, 0.25) is 0 Å². The van der Waals surface area contributed by atoms with E-state index in [9.17, 15) is 13.2 Å². The summed E-state index contributed by atoms with van der Waals surface area (Å²) in [6.07, 6.45) is -0.123. The second-order valence-electron chi connectivity index (χ2n) is 4.94. The fourth-order valence-corrected chi connectivity index (χ4v) is 2.30. The minimum atomic E-state index is -4.47. The van der Waals surface area contributed by atoms with Crippen molar-refractivity contribution >= 4 is 16.7 Å². The number of aromatic nitrogens is 8. The first kappa shape index (κ1) is 13.7. The largest absolute Gasteiger partial charge is 0.435 e. The molecule has 0 N–H and O–H groups in total. The Kier molecular flexibility index (Phi) is 2.68. The van der Waals surface area contributed by atoms with Crippen LogP contribution in [0.4, 0.5) is 13.2 Å². The van der Waals surface area contributed by atoms with E-state index in [1.165, 1.54) is 17.0 Å². The summed E-state index contributed by atoms with van der Waals surface area (Å²) < 4.78 is 41.9. The predicted octanol–water partition coefficient (Wildman–Crippen LogP) is 1.27. The summed E-state index contributed by atoms with van der Waals surface area (Å²) in [5.41, 5.74) is 0.244. The van der Waals surface area contributed by atoms with Crippen molar-refractivity contribution in [3.63, 3.8) is 0 Å². The smallest absolute Gasteiger partial charge is 0.264 e. The molecule has 4 aromatic heterocycles. The highest BCUT2D eigenvalue weighted by molar-refractivity contribution is 5.88. The topological polar surface area (TPSA) is 78.7 Å². The summed E-state index contributed by atoms with van der Waals surface area (Å²) in [5.74, 6) is 0.333. The first-order chi connectivity index (χ1) is 10.9. The molecule has 4 aromatic rings. The monoisotopic (exact) mass is 322 g/mol. The predicted molar refractivity (Wildman–Crippen MR) is 71.4 cm³/mol. The molecule has 0 unspecified atom stereocenters. The van der Waals surface area contributed by atoms with Crippen LogP contribution in [0.1, 0.15) is 11.5 Å². The number of nitrogens with zero attached hydrogens (tertiary/aromatic N) is 8. The Balaban J connectivity index is 1.72. The molecule has 0 radical (unpaired) electrons. The molecule has 4 rings (SSSR count). The molecule has 4 heterocycles. The number of rotatable bonds is 2. The van der Waals surface area contributed by atoms with Crippen molar-refractivity contribution in [2.24, 2.45) is 7.05 Å². The van der Waals surface area contributed by atoms with E-state index in [1.54, 1.807) is 17.9 Å². The third kappa shape index (κ3) is 2.20. The molecular formula is C12H9F3N8. The number of alkyl halides is 3. The highest BCUT2D eigenvalue weighted by Crippen LogP contribution is 2.27. The third-order valence-corrected chi connectivity index (χ3v) is 3.35. The van der Waals surface area contributed by atoms with Crippen LogP contribution in [0, 0.1) is 0 Å². The first-order valence-electron chi connectivity index (χ1n) is 6.54. The maximum absolute atomic E-state index is 12.6. The lowest BCUT2D eigenvalue weighted by Crippen LogP contribution is -2.09. The Labute approximate surface area is 126 Å². The van der Waals surface area contributed by atoms with Crippen LogP contribution in [0.15, 0.2) is 24.8 Å². The second-order valence-corrected chi connectivity index (χ2v) is 4.94. The van der Waals surface area contributed by atoms with E-state index in [0.717, 1.165) is 10.7 Å². The molecule has 23 heavy (non-hydrogen) atoms. The number of hydrogen-bond donors (Lipinski definition) is 0. The number of halogens is 3. The normalized spacial score (nSPS) is 12.5. The Morgan fingerprint density at radius 1 is 1.17 bits per heavy atom. The molecule has 0 bridgehead atoms. The first-order valence-corrected chi connectivity index (χ1v) is 6.54. The molecule has 0 atom stereocenters. The Morgan fingerprint density at radius 2 is 2.00 bits per heavy atom. The minimum absolute atomic E-state index is 0.0273. The van der Waals surface area contributed by atoms with Crippen molar-refractivity contribution in [1.82, 2.24) is 39.1 Å². The Hall–Kier alpha value is -2.98. The van der Waals surface area contributed by atoms with Crippen LogP contribution in [0.5, 0.6) is 0 Å². The van der Waals surface area contributed by atoms with E-state index in [1.807, 2.05) is 0 Å².